The SMILES string of the molecule is CCC(CC)C(=O)N(Cc1cc(NC(=O)COC)ccc1N(C)C)[C@@H](C)C(C)C. The number of carbonyl (C=O) groups excluding carboxylic acids is 2. The highest BCUT2D eigenvalue weighted by molar-refractivity contribution is 5.92. The van der Waals surface area contributed by atoms with E-state index in [0.29, 0.717) is 18.2 Å². The van der Waals surface area contributed by atoms with Gasteiger partial charge in [0.1, 0.15) is 6.61 Å². The Kier molecular flexibility index (Phi) is 10.2. The van der Waals surface area contributed by atoms with Crippen molar-refractivity contribution in [3.8, 4) is 0 Å². The largest absolute Gasteiger partial charge is 0.377 e. The minimum Gasteiger partial charge on any atom is -0.377 e. The summed E-state index contributed by atoms with van der Waals surface area (Å²) in [7, 11) is 5.47. The Labute approximate surface area is 176 Å². The Bertz CT molecular complexity index is 669. The van der Waals surface area contributed by atoms with Crippen LogP contribution in [0.1, 0.15) is 53.0 Å². The molecule has 1 aromatic carbocycles. The lowest BCUT2D eigenvalue weighted by Gasteiger charge is -2.35. The Balaban J connectivity index is 3.30. The summed E-state index contributed by atoms with van der Waals surface area (Å²) in [6.07, 6.45) is 1.68. The Morgan fingerprint density at radius 3 is 2.21 bits per heavy atom. The molecule has 1 atom stereocenters. The van der Waals surface area contributed by atoms with E-state index in [9.17, 15) is 9.59 Å². The van der Waals surface area contributed by atoms with Crippen molar-refractivity contribution in [3.05, 3.63) is 23.8 Å². The lowest BCUT2D eigenvalue weighted by Crippen LogP contribution is -2.44. The molecule has 164 valence electrons. The fourth-order valence-electron chi connectivity index (χ4n) is 3.39. The molecule has 6 nitrogen and oxygen atoms in total. The van der Waals surface area contributed by atoms with Crippen LogP contribution in [0.5, 0.6) is 0 Å². The molecule has 2 amide bonds. The molecule has 0 aromatic heterocycles. The number of nitrogens with one attached hydrogen (secondary N) is 1. The molecule has 0 saturated carbocycles. The van der Waals surface area contributed by atoms with Crippen molar-refractivity contribution in [2.45, 2.75) is 60.0 Å². The predicted octanol–water partition coefficient (Wildman–Crippen LogP) is 4.15. The summed E-state index contributed by atoms with van der Waals surface area (Å²) >= 11 is 0. The molecule has 0 spiro atoms. The number of nitrogens with zero attached hydrogens (tertiary/aromatic N) is 2. The lowest BCUT2D eigenvalue weighted by molar-refractivity contribution is -0.139. The van der Waals surface area contributed by atoms with Gasteiger partial charge in [-0.05, 0) is 49.4 Å². The zero-order chi connectivity index (χ0) is 22.1. The monoisotopic (exact) mass is 405 g/mol. The third kappa shape index (κ3) is 7.03. The summed E-state index contributed by atoms with van der Waals surface area (Å²) in [6, 6.07) is 5.94. The van der Waals surface area contributed by atoms with Gasteiger partial charge in [0.05, 0.1) is 0 Å². The molecule has 1 N–H and O–H groups in total. The Hall–Kier alpha value is -2.08. The number of carbonyl (C=O) groups is 2. The maximum absolute atomic E-state index is 13.3. The van der Waals surface area contributed by atoms with Crippen LogP contribution >= 0.6 is 0 Å². The first-order valence-electron chi connectivity index (χ1n) is 10.6. The van der Waals surface area contributed by atoms with Gasteiger partial charge in [-0.15, -0.1) is 0 Å². The first kappa shape index (κ1) is 25.0. The highest BCUT2D eigenvalue weighted by Crippen LogP contribution is 2.28. The van der Waals surface area contributed by atoms with E-state index in [2.05, 4.69) is 39.9 Å². The highest BCUT2D eigenvalue weighted by atomic mass is 16.5. The lowest BCUT2D eigenvalue weighted by atomic mass is 9.97. The average molecular weight is 406 g/mol. The number of amides is 2. The van der Waals surface area contributed by atoms with Crippen molar-refractivity contribution >= 4 is 23.2 Å². The number of rotatable bonds is 11. The van der Waals surface area contributed by atoms with Crippen molar-refractivity contribution in [2.75, 3.05) is 38.0 Å². The first-order valence-corrected chi connectivity index (χ1v) is 10.6. The van der Waals surface area contributed by atoms with E-state index < -0.39 is 0 Å². The van der Waals surface area contributed by atoms with Crippen LogP contribution in [-0.4, -0.2) is 50.6 Å². The van der Waals surface area contributed by atoms with E-state index >= 15 is 0 Å². The van der Waals surface area contributed by atoms with Crippen molar-refractivity contribution in [3.63, 3.8) is 0 Å². The van der Waals surface area contributed by atoms with Gasteiger partial charge in [0.15, 0.2) is 0 Å². The second kappa shape index (κ2) is 11.8. The summed E-state index contributed by atoms with van der Waals surface area (Å²) in [5.74, 6) is 0.385. The number of ether oxygens (including phenoxy) is 1. The Morgan fingerprint density at radius 2 is 1.72 bits per heavy atom. The summed E-state index contributed by atoms with van der Waals surface area (Å²) in [5.41, 5.74) is 2.75. The van der Waals surface area contributed by atoms with Crippen molar-refractivity contribution in [1.82, 2.24) is 4.90 Å². The van der Waals surface area contributed by atoms with Crippen LogP contribution < -0.4 is 10.2 Å². The molecular weight excluding hydrogens is 366 g/mol. The molecule has 0 aliphatic carbocycles. The normalized spacial score (nSPS) is 12.2. The number of anilines is 2. The number of benzene rings is 1. The van der Waals surface area contributed by atoms with Crippen LogP contribution in [0, 0.1) is 11.8 Å². The minimum absolute atomic E-state index is 0.00837. The number of methoxy groups -OCH3 is 1. The van der Waals surface area contributed by atoms with Gasteiger partial charge in [0.25, 0.3) is 0 Å². The third-order valence-corrected chi connectivity index (χ3v) is 5.54. The standard InChI is InChI=1S/C23H39N3O3/c1-9-18(10-2)23(28)26(17(5)16(3)4)14-19-13-20(24-22(27)15-29-8)11-12-21(19)25(6)7/h11-13,16-18H,9-10,14-15H2,1-8H3,(H,24,27)/t17-/m0/s1. The average Bonchev–Trinajstić information content (AvgIpc) is 2.66. The van der Waals surface area contributed by atoms with E-state index in [0.717, 1.165) is 24.1 Å². The van der Waals surface area contributed by atoms with Crippen molar-refractivity contribution < 1.29 is 14.3 Å². The topological polar surface area (TPSA) is 61.9 Å². The second-order valence-electron chi connectivity index (χ2n) is 8.18. The third-order valence-electron chi connectivity index (χ3n) is 5.54. The Morgan fingerprint density at radius 1 is 1.10 bits per heavy atom. The van der Waals surface area contributed by atoms with Crippen LogP contribution in [0.2, 0.25) is 0 Å². The van der Waals surface area contributed by atoms with E-state index in [1.54, 1.807) is 0 Å². The van der Waals surface area contributed by atoms with Gasteiger partial charge < -0.3 is 19.9 Å². The van der Waals surface area contributed by atoms with Gasteiger partial charge in [-0.2, -0.15) is 0 Å². The second-order valence-corrected chi connectivity index (χ2v) is 8.18. The summed E-state index contributed by atoms with van der Waals surface area (Å²) in [5, 5.41) is 2.86. The highest BCUT2D eigenvalue weighted by Gasteiger charge is 2.28. The molecule has 0 heterocycles. The van der Waals surface area contributed by atoms with Crippen LogP contribution in [-0.2, 0) is 20.9 Å². The molecule has 6 heteroatoms. The van der Waals surface area contributed by atoms with Crippen LogP contribution in [0.3, 0.4) is 0 Å². The van der Waals surface area contributed by atoms with Gasteiger partial charge in [-0.25, -0.2) is 0 Å². The zero-order valence-electron chi connectivity index (χ0n) is 19.4. The molecule has 0 aliphatic heterocycles. The molecule has 1 rings (SSSR count). The zero-order valence-corrected chi connectivity index (χ0v) is 19.4. The van der Waals surface area contributed by atoms with E-state index in [1.165, 1.54) is 7.11 Å². The quantitative estimate of drug-likeness (QED) is 0.601. The fraction of sp³-hybridized carbons (Fsp3) is 0.652. The molecule has 0 saturated heterocycles. The van der Waals surface area contributed by atoms with Gasteiger partial charge >= 0.3 is 0 Å². The summed E-state index contributed by atoms with van der Waals surface area (Å²) in [4.78, 5) is 29.3. The smallest absolute Gasteiger partial charge is 0.250 e. The molecular formula is C23H39N3O3. The summed E-state index contributed by atoms with van der Waals surface area (Å²) in [6.45, 7) is 11.1. The van der Waals surface area contributed by atoms with Gasteiger partial charge in [0, 0.05) is 51.1 Å². The van der Waals surface area contributed by atoms with E-state index in [4.69, 9.17) is 4.74 Å². The van der Waals surface area contributed by atoms with E-state index in [1.807, 2.05) is 42.1 Å². The van der Waals surface area contributed by atoms with Crippen LogP contribution in [0.25, 0.3) is 0 Å². The molecule has 0 fully saturated rings. The molecule has 1 aromatic rings. The molecule has 0 radical (unpaired) electrons. The maximum atomic E-state index is 13.3. The number of hydrogen-bond acceptors (Lipinski definition) is 4. The van der Waals surface area contributed by atoms with E-state index in [-0.39, 0.29) is 30.4 Å². The van der Waals surface area contributed by atoms with Gasteiger partial charge in [-0.3, -0.25) is 9.59 Å². The molecule has 0 bridgehead atoms. The number of hydrogen-bond donors (Lipinski definition) is 1. The first-order chi connectivity index (χ1) is 13.7. The van der Waals surface area contributed by atoms with Gasteiger partial charge in [-0.1, -0.05) is 27.7 Å². The summed E-state index contributed by atoms with van der Waals surface area (Å²) < 4.78 is 4.90. The maximum Gasteiger partial charge on any atom is 0.250 e. The molecule has 0 unspecified atom stereocenters. The van der Waals surface area contributed by atoms with Gasteiger partial charge in [0.2, 0.25) is 11.8 Å². The predicted molar refractivity (Wildman–Crippen MR) is 120 cm³/mol. The van der Waals surface area contributed by atoms with Crippen LogP contribution in [0.15, 0.2) is 18.2 Å². The molecule has 0 aliphatic rings. The van der Waals surface area contributed by atoms with Crippen LogP contribution in [0.4, 0.5) is 11.4 Å². The fourth-order valence-corrected chi connectivity index (χ4v) is 3.39. The van der Waals surface area contributed by atoms with Crippen molar-refractivity contribution in [1.29, 1.82) is 0 Å². The molecule has 29 heavy (non-hydrogen) atoms. The minimum atomic E-state index is -0.198. The van der Waals surface area contributed by atoms with Crippen molar-refractivity contribution in [2.24, 2.45) is 11.8 Å².